The van der Waals surface area contributed by atoms with Gasteiger partial charge in [-0.3, -0.25) is 20.7 Å². The second-order valence-electron chi connectivity index (χ2n) is 5.75. The number of benzene rings is 2. The maximum atomic E-state index is 12.0. The van der Waals surface area contributed by atoms with E-state index in [1.165, 1.54) is 30.2 Å². The SMILES string of the molecule is COc1cc(Cl)cc(C(=N)SC)c1.FC(F)(F)Oc1cc(Cl)cc(-c2ncn[nH]2)c1.NNC=O. The van der Waals surface area contributed by atoms with E-state index in [4.69, 9.17) is 38.1 Å². The quantitative estimate of drug-likeness (QED) is 0.0923. The minimum atomic E-state index is -4.76. The molecular formula is C19H19Cl2F3N6O3S. The number of nitrogens with zero attached hydrogens (tertiary/aromatic N) is 2. The van der Waals surface area contributed by atoms with E-state index in [1.807, 2.05) is 6.26 Å². The predicted molar refractivity (Wildman–Crippen MR) is 125 cm³/mol. The van der Waals surface area contributed by atoms with E-state index in [0.717, 1.165) is 11.6 Å². The topological polar surface area (TPSA) is 139 Å². The van der Waals surface area contributed by atoms with Gasteiger partial charge >= 0.3 is 6.36 Å². The number of aromatic nitrogens is 3. The van der Waals surface area contributed by atoms with Crippen molar-refractivity contribution in [3.8, 4) is 22.9 Å². The highest BCUT2D eigenvalue weighted by Crippen LogP contribution is 2.30. The number of nitrogens with one attached hydrogen (secondary N) is 3. The van der Waals surface area contributed by atoms with Crippen molar-refractivity contribution in [2.45, 2.75) is 6.36 Å². The van der Waals surface area contributed by atoms with Crippen LogP contribution in [0.3, 0.4) is 0 Å². The zero-order chi connectivity index (χ0) is 25.7. The van der Waals surface area contributed by atoms with E-state index in [1.54, 1.807) is 30.7 Å². The van der Waals surface area contributed by atoms with Gasteiger partial charge in [-0.1, -0.05) is 23.2 Å². The highest BCUT2D eigenvalue weighted by molar-refractivity contribution is 8.13. The molecule has 9 nitrogen and oxygen atoms in total. The van der Waals surface area contributed by atoms with E-state index in [0.29, 0.717) is 33.6 Å². The number of rotatable bonds is 5. The maximum Gasteiger partial charge on any atom is 0.573 e. The number of hydrazine groups is 1. The van der Waals surface area contributed by atoms with Crippen LogP contribution in [0.4, 0.5) is 13.2 Å². The van der Waals surface area contributed by atoms with E-state index >= 15 is 0 Å². The van der Waals surface area contributed by atoms with Crippen LogP contribution in [0.15, 0.2) is 42.7 Å². The highest BCUT2D eigenvalue weighted by Gasteiger charge is 2.31. The van der Waals surface area contributed by atoms with Crippen molar-refractivity contribution in [3.63, 3.8) is 0 Å². The molecule has 0 bridgehead atoms. The summed E-state index contributed by atoms with van der Waals surface area (Å²) in [6, 6.07) is 8.95. The lowest BCUT2D eigenvalue weighted by atomic mass is 10.2. The van der Waals surface area contributed by atoms with E-state index in [-0.39, 0.29) is 5.02 Å². The van der Waals surface area contributed by atoms with Gasteiger partial charge in [-0.2, -0.15) is 5.10 Å². The molecule has 0 radical (unpaired) electrons. The molecule has 5 N–H and O–H groups in total. The second kappa shape index (κ2) is 14.3. The van der Waals surface area contributed by atoms with Gasteiger partial charge in [-0.05, 0) is 42.7 Å². The number of hydrogen-bond donors (Lipinski definition) is 4. The number of carbonyl (C=O) groups excluding carboxylic acids is 1. The number of carbonyl (C=O) groups is 1. The number of amides is 1. The van der Waals surface area contributed by atoms with E-state index in [2.05, 4.69) is 25.8 Å². The first kappa shape index (κ1) is 29.0. The molecule has 3 aromatic rings. The zero-order valence-electron chi connectivity index (χ0n) is 17.6. The van der Waals surface area contributed by atoms with Crippen molar-refractivity contribution in [1.29, 1.82) is 5.41 Å². The van der Waals surface area contributed by atoms with Crippen LogP contribution in [-0.2, 0) is 4.79 Å². The largest absolute Gasteiger partial charge is 0.573 e. The molecule has 0 saturated carbocycles. The van der Waals surface area contributed by atoms with Crippen molar-refractivity contribution < 1.29 is 27.4 Å². The van der Waals surface area contributed by atoms with Gasteiger partial charge in [0.2, 0.25) is 6.41 Å². The Morgan fingerprint density at radius 1 is 1.18 bits per heavy atom. The molecule has 1 aromatic heterocycles. The molecule has 184 valence electrons. The van der Waals surface area contributed by atoms with Crippen molar-refractivity contribution in [2.24, 2.45) is 5.84 Å². The standard InChI is InChI=1S/C9H5ClF3N3O.C9H10ClNOS.CH4N2O/c10-6-1-5(8-14-4-15-16-8)2-7(3-6)17-9(11,12)13;1-12-8-4-6(9(11)13-2)3-7(10)5-8;2-3-1-4/h1-4H,(H,14,15,16);3-5,11H,1-2H3;1H,2H2,(H,3,4). The number of H-pyrrole nitrogens is 1. The Kier molecular flexibility index (Phi) is 12.2. The molecule has 1 heterocycles. The van der Waals surface area contributed by atoms with Gasteiger partial charge in [-0.25, -0.2) is 10.8 Å². The molecule has 15 heteroatoms. The van der Waals surface area contributed by atoms with Gasteiger partial charge in [-0.15, -0.1) is 24.9 Å². The highest BCUT2D eigenvalue weighted by atomic mass is 35.5. The average Bonchev–Trinajstić information content (AvgIpc) is 3.32. The zero-order valence-corrected chi connectivity index (χ0v) is 19.9. The first-order valence-electron chi connectivity index (χ1n) is 8.82. The summed E-state index contributed by atoms with van der Waals surface area (Å²) in [6.45, 7) is 0. The fraction of sp³-hybridized carbons (Fsp3) is 0.158. The number of nitrogens with two attached hydrogens (primary N) is 1. The Hall–Kier alpha value is -3.00. The second-order valence-corrected chi connectivity index (χ2v) is 7.44. The Balaban J connectivity index is 0.000000302. The van der Waals surface area contributed by atoms with Crippen molar-refractivity contribution in [3.05, 3.63) is 58.3 Å². The minimum absolute atomic E-state index is 0.109. The summed E-state index contributed by atoms with van der Waals surface area (Å²) in [7, 11) is 1.58. The normalized spacial score (nSPS) is 10.1. The molecule has 0 unspecified atom stereocenters. The van der Waals surface area contributed by atoms with Crippen molar-refractivity contribution in [1.82, 2.24) is 20.6 Å². The monoisotopic (exact) mass is 538 g/mol. The van der Waals surface area contributed by atoms with Gasteiger partial charge in [0.05, 0.1) is 12.2 Å². The molecule has 2 aromatic carbocycles. The third kappa shape index (κ3) is 10.7. The minimum Gasteiger partial charge on any atom is -0.497 e. The number of alkyl halides is 3. The van der Waals surface area contributed by atoms with Crippen LogP contribution >= 0.6 is 35.0 Å². The molecule has 1 amide bonds. The fourth-order valence-electron chi connectivity index (χ4n) is 2.17. The van der Waals surface area contributed by atoms with Gasteiger partial charge in [0.25, 0.3) is 0 Å². The summed E-state index contributed by atoms with van der Waals surface area (Å²) >= 11 is 12.9. The Morgan fingerprint density at radius 2 is 1.79 bits per heavy atom. The van der Waals surface area contributed by atoms with Crippen molar-refractivity contribution >= 4 is 46.4 Å². The molecule has 0 aliphatic heterocycles. The molecule has 0 atom stereocenters. The summed E-state index contributed by atoms with van der Waals surface area (Å²) in [4.78, 5) is 12.7. The summed E-state index contributed by atoms with van der Waals surface area (Å²) in [5, 5.41) is 14.9. The fourth-order valence-corrected chi connectivity index (χ4v) is 2.97. The molecule has 0 spiro atoms. The number of aromatic amines is 1. The third-order valence-corrected chi connectivity index (χ3v) is 4.52. The van der Waals surface area contributed by atoms with E-state index in [9.17, 15) is 13.2 Å². The number of methoxy groups -OCH3 is 1. The molecule has 3 rings (SSSR count). The maximum absolute atomic E-state index is 12.0. The lowest BCUT2D eigenvalue weighted by Gasteiger charge is -2.09. The number of ether oxygens (including phenoxy) is 2. The molecular weight excluding hydrogens is 520 g/mol. The van der Waals surface area contributed by atoms with Crippen LogP contribution in [0.25, 0.3) is 11.4 Å². The van der Waals surface area contributed by atoms with E-state index < -0.39 is 12.1 Å². The lowest BCUT2D eigenvalue weighted by Crippen LogP contribution is -2.18. The Labute approximate surface area is 206 Å². The molecule has 0 fully saturated rings. The van der Waals surface area contributed by atoms with Gasteiger partial charge in [0, 0.05) is 21.2 Å². The first-order valence-corrected chi connectivity index (χ1v) is 10.8. The summed E-state index contributed by atoms with van der Waals surface area (Å²) < 4.78 is 45.0. The lowest BCUT2D eigenvalue weighted by molar-refractivity contribution is -0.274. The summed E-state index contributed by atoms with van der Waals surface area (Å²) in [6.07, 6.45) is -1.26. The number of thioether (sulfide) groups is 1. The predicted octanol–water partition coefficient (Wildman–Crippen LogP) is 4.67. The van der Waals surface area contributed by atoms with Gasteiger partial charge < -0.3 is 9.47 Å². The summed E-state index contributed by atoms with van der Waals surface area (Å²) in [5.41, 5.74) is 2.89. The van der Waals surface area contributed by atoms with Crippen LogP contribution in [0.5, 0.6) is 11.5 Å². The number of halogens is 5. The van der Waals surface area contributed by atoms with Gasteiger partial charge in [0.1, 0.15) is 17.8 Å². The first-order chi connectivity index (χ1) is 16.0. The van der Waals surface area contributed by atoms with Crippen LogP contribution in [-0.4, -0.2) is 46.4 Å². The third-order valence-electron chi connectivity index (χ3n) is 3.43. The molecule has 0 saturated heterocycles. The van der Waals surface area contributed by atoms with Crippen molar-refractivity contribution in [2.75, 3.05) is 13.4 Å². The summed E-state index contributed by atoms with van der Waals surface area (Å²) in [5.74, 6) is 4.99. The van der Waals surface area contributed by atoms with Crippen LogP contribution < -0.4 is 20.7 Å². The Morgan fingerprint density at radius 3 is 2.29 bits per heavy atom. The Bertz CT molecular complexity index is 1070. The molecule has 0 aliphatic carbocycles. The number of hydrogen-bond acceptors (Lipinski definition) is 8. The average molecular weight is 539 g/mol. The molecule has 34 heavy (non-hydrogen) atoms. The smallest absolute Gasteiger partial charge is 0.497 e. The molecule has 0 aliphatic rings. The van der Waals surface area contributed by atoms with Gasteiger partial charge in [0.15, 0.2) is 5.82 Å². The van der Waals surface area contributed by atoms with Crippen LogP contribution in [0.2, 0.25) is 10.0 Å². The van der Waals surface area contributed by atoms with Crippen LogP contribution in [0.1, 0.15) is 5.56 Å². The van der Waals surface area contributed by atoms with Crippen LogP contribution in [0, 0.1) is 5.41 Å².